The zero-order valence-electron chi connectivity index (χ0n) is 20.1. The first-order valence-electron chi connectivity index (χ1n) is 12.8. The predicted octanol–water partition coefficient (Wildman–Crippen LogP) is 7.19. The molecule has 1 saturated carbocycles. The van der Waals surface area contributed by atoms with Gasteiger partial charge in [-0.25, -0.2) is 0 Å². The van der Waals surface area contributed by atoms with Crippen LogP contribution in [0.25, 0.3) is 10.8 Å². The molecule has 3 aliphatic rings. The Bertz CT molecular complexity index is 1140. The van der Waals surface area contributed by atoms with E-state index in [2.05, 4.69) is 4.90 Å². The summed E-state index contributed by atoms with van der Waals surface area (Å²) in [5, 5.41) is 9.88. The number of benzene rings is 2. The van der Waals surface area contributed by atoms with Gasteiger partial charge < -0.3 is 9.84 Å². The average Bonchev–Trinajstić information content (AvgIpc) is 3.04. The lowest BCUT2D eigenvalue weighted by Crippen LogP contribution is -2.44. The minimum absolute atomic E-state index is 0.000698. The van der Waals surface area contributed by atoms with Crippen LogP contribution >= 0.6 is 0 Å². The third-order valence-corrected chi connectivity index (χ3v) is 8.41. The van der Waals surface area contributed by atoms with Gasteiger partial charge in [0.15, 0.2) is 0 Å². The highest BCUT2D eigenvalue weighted by molar-refractivity contribution is 5.91. The minimum Gasteiger partial charge on any atom is -0.490 e. The lowest BCUT2D eigenvalue weighted by molar-refractivity contribution is -0.185. The molecule has 2 heterocycles. The number of carboxylic acid groups (broad SMARTS) is 1. The number of fused-ring (bicyclic) bond motifs is 3. The monoisotopic (exact) mass is 529 g/mol. The summed E-state index contributed by atoms with van der Waals surface area (Å²) < 4.78 is 87.5. The smallest absolute Gasteiger partial charge is 0.420 e. The second-order valence-electron chi connectivity index (χ2n) is 10.6. The summed E-state index contributed by atoms with van der Waals surface area (Å²) in [5.74, 6) is -2.97. The number of ether oxygens (including phenoxy) is 1. The van der Waals surface area contributed by atoms with Gasteiger partial charge >= 0.3 is 18.3 Å². The first kappa shape index (κ1) is 26.1. The number of hydrogen-bond donors (Lipinski definition) is 1. The van der Waals surface area contributed by atoms with Crippen LogP contribution in [0.2, 0.25) is 0 Å². The van der Waals surface area contributed by atoms with Crippen LogP contribution in [0.15, 0.2) is 30.3 Å². The molecule has 2 unspecified atom stereocenters. The fourth-order valence-corrected chi connectivity index (χ4v) is 6.55. The van der Waals surface area contributed by atoms with Gasteiger partial charge in [0.1, 0.15) is 11.3 Å². The molecule has 202 valence electrons. The Morgan fingerprint density at radius 3 is 2.11 bits per heavy atom. The van der Waals surface area contributed by atoms with Gasteiger partial charge in [0, 0.05) is 18.6 Å². The van der Waals surface area contributed by atoms with Gasteiger partial charge in [0.05, 0.1) is 17.9 Å². The van der Waals surface area contributed by atoms with Crippen molar-refractivity contribution in [3.8, 4) is 5.75 Å². The topological polar surface area (TPSA) is 49.8 Å². The van der Waals surface area contributed by atoms with E-state index >= 15 is 0 Å². The summed E-state index contributed by atoms with van der Waals surface area (Å²) in [7, 11) is 0. The highest BCUT2D eigenvalue weighted by atomic mass is 19.4. The Morgan fingerprint density at radius 2 is 1.54 bits per heavy atom. The molecule has 0 spiro atoms. The summed E-state index contributed by atoms with van der Waals surface area (Å²) in [6.07, 6.45) is -7.10. The van der Waals surface area contributed by atoms with Crippen LogP contribution in [0.5, 0.6) is 5.75 Å². The molecule has 2 aromatic rings. The normalized spacial score (nSPS) is 29.0. The lowest BCUT2D eigenvalue weighted by Gasteiger charge is -2.37. The summed E-state index contributed by atoms with van der Waals surface area (Å²) >= 11 is 0. The second kappa shape index (κ2) is 9.67. The molecule has 2 bridgehead atoms. The van der Waals surface area contributed by atoms with Gasteiger partial charge in [-0.1, -0.05) is 24.3 Å². The van der Waals surface area contributed by atoms with E-state index in [-0.39, 0.29) is 54.8 Å². The first-order chi connectivity index (χ1) is 17.4. The fourth-order valence-electron chi connectivity index (χ4n) is 6.55. The number of carbonyl (C=O) groups is 1. The van der Waals surface area contributed by atoms with Crippen LogP contribution in [0, 0.1) is 11.8 Å². The van der Waals surface area contributed by atoms with E-state index in [0.29, 0.717) is 24.8 Å². The summed E-state index contributed by atoms with van der Waals surface area (Å²) in [6.45, 7) is 0.429. The SMILES string of the molecule is O=C(O)C1CC2CCC(C1)N2Cc1cccc2c(C(F)(F)F)c(O[C@H]3CC[C@@H](C(F)(F)F)CC3)ccc12. The quantitative estimate of drug-likeness (QED) is 0.417. The summed E-state index contributed by atoms with van der Waals surface area (Å²) in [6, 6.07) is 7.85. The van der Waals surface area contributed by atoms with Crippen LogP contribution in [-0.4, -0.2) is 40.3 Å². The first-order valence-corrected chi connectivity index (χ1v) is 12.8. The van der Waals surface area contributed by atoms with Crippen molar-refractivity contribution in [2.45, 2.75) is 88.5 Å². The van der Waals surface area contributed by atoms with Crippen molar-refractivity contribution >= 4 is 16.7 Å². The van der Waals surface area contributed by atoms with Crippen molar-refractivity contribution in [3.63, 3.8) is 0 Å². The summed E-state index contributed by atoms with van der Waals surface area (Å²) in [5.41, 5.74) is -0.178. The van der Waals surface area contributed by atoms with Crippen LogP contribution in [0.3, 0.4) is 0 Å². The van der Waals surface area contributed by atoms with Gasteiger partial charge in [-0.3, -0.25) is 9.69 Å². The van der Waals surface area contributed by atoms with Gasteiger partial charge in [0.25, 0.3) is 0 Å². The third-order valence-electron chi connectivity index (χ3n) is 8.41. The maximum atomic E-state index is 14.3. The van der Waals surface area contributed by atoms with Crippen LogP contribution in [0.1, 0.15) is 62.5 Å². The van der Waals surface area contributed by atoms with E-state index in [1.807, 2.05) is 0 Å². The summed E-state index contributed by atoms with van der Waals surface area (Å²) in [4.78, 5) is 13.7. The molecular weight excluding hydrogens is 500 g/mol. The number of rotatable bonds is 5. The predicted molar refractivity (Wildman–Crippen MR) is 124 cm³/mol. The van der Waals surface area contributed by atoms with Gasteiger partial charge in [-0.05, 0) is 73.8 Å². The lowest BCUT2D eigenvalue weighted by atomic mass is 9.87. The Kier molecular flexibility index (Phi) is 6.83. The Morgan fingerprint density at radius 1 is 0.892 bits per heavy atom. The van der Waals surface area contributed by atoms with Crippen LogP contribution < -0.4 is 4.74 Å². The van der Waals surface area contributed by atoms with Crippen molar-refractivity contribution in [1.29, 1.82) is 0 Å². The number of piperidine rings is 1. The molecule has 10 heteroatoms. The molecule has 2 aromatic carbocycles. The van der Waals surface area contributed by atoms with E-state index < -0.39 is 35.9 Å². The van der Waals surface area contributed by atoms with Crippen molar-refractivity contribution in [2.75, 3.05) is 0 Å². The van der Waals surface area contributed by atoms with E-state index in [1.54, 1.807) is 18.2 Å². The van der Waals surface area contributed by atoms with E-state index in [9.17, 15) is 36.2 Å². The number of nitrogens with zero attached hydrogens (tertiary/aromatic N) is 1. The van der Waals surface area contributed by atoms with E-state index in [0.717, 1.165) is 18.4 Å². The van der Waals surface area contributed by atoms with Crippen LogP contribution in [-0.2, 0) is 17.5 Å². The van der Waals surface area contributed by atoms with Crippen molar-refractivity contribution in [1.82, 2.24) is 4.90 Å². The molecule has 3 fully saturated rings. The molecule has 2 saturated heterocycles. The molecule has 5 rings (SSSR count). The molecule has 0 radical (unpaired) electrons. The fraction of sp³-hybridized carbons (Fsp3) is 0.593. The molecule has 2 aliphatic heterocycles. The molecule has 1 N–H and O–H groups in total. The molecule has 2 atom stereocenters. The maximum absolute atomic E-state index is 14.3. The molecule has 0 amide bonds. The average molecular weight is 530 g/mol. The number of hydrogen-bond acceptors (Lipinski definition) is 3. The zero-order valence-corrected chi connectivity index (χ0v) is 20.1. The van der Waals surface area contributed by atoms with E-state index in [4.69, 9.17) is 4.74 Å². The van der Waals surface area contributed by atoms with Crippen molar-refractivity contribution in [2.24, 2.45) is 11.8 Å². The third kappa shape index (κ3) is 5.26. The molecular formula is C27H29F6NO3. The second-order valence-corrected chi connectivity index (χ2v) is 10.6. The van der Waals surface area contributed by atoms with Crippen molar-refractivity contribution in [3.05, 3.63) is 41.5 Å². The number of alkyl halides is 6. The Labute approximate surface area is 210 Å². The molecule has 4 nitrogen and oxygen atoms in total. The molecule has 1 aliphatic carbocycles. The van der Waals surface area contributed by atoms with Gasteiger partial charge in [-0.2, -0.15) is 26.3 Å². The Hall–Kier alpha value is -2.49. The number of aliphatic carboxylic acids is 1. The van der Waals surface area contributed by atoms with Crippen molar-refractivity contribution < 1.29 is 41.0 Å². The minimum atomic E-state index is -4.71. The number of carboxylic acids is 1. The van der Waals surface area contributed by atoms with Crippen LogP contribution in [0.4, 0.5) is 26.3 Å². The zero-order chi connectivity index (χ0) is 26.5. The highest BCUT2D eigenvalue weighted by Gasteiger charge is 2.44. The molecule has 37 heavy (non-hydrogen) atoms. The molecule has 0 aromatic heterocycles. The van der Waals surface area contributed by atoms with E-state index in [1.165, 1.54) is 12.1 Å². The highest BCUT2D eigenvalue weighted by Crippen LogP contribution is 2.45. The number of halogens is 6. The van der Waals surface area contributed by atoms with Gasteiger partial charge in [0.2, 0.25) is 0 Å². The Balaban J connectivity index is 1.40. The van der Waals surface area contributed by atoms with Gasteiger partial charge in [-0.15, -0.1) is 0 Å². The maximum Gasteiger partial charge on any atom is 0.420 e. The standard InChI is InChI=1S/C27H29F6NO3/c28-26(29,30)17-4-8-20(9-5-17)37-23-11-10-21-15(2-1-3-22(21)24(23)27(31,32)33)14-34-18-6-7-19(34)13-16(12-18)25(35)36/h1-3,10-11,16-20H,4-9,12-14H2,(H,35,36)/t16?,17-,18?,19?,20+. The largest absolute Gasteiger partial charge is 0.490 e.